The van der Waals surface area contributed by atoms with Crippen LogP contribution in [-0.4, -0.2) is 93.3 Å². The summed E-state index contributed by atoms with van der Waals surface area (Å²) in [5.41, 5.74) is 0. The van der Waals surface area contributed by atoms with Crippen LogP contribution in [0.25, 0.3) is 0 Å². The minimum absolute atomic E-state index is 0.0132. The van der Waals surface area contributed by atoms with Crippen molar-refractivity contribution in [1.29, 1.82) is 0 Å². The van der Waals surface area contributed by atoms with Crippen molar-refractivity contribution in [1.82, 2.24) is 23.5 Å². The highest BCUT2D eigenvalue weighted by Gasteiger charge is 2.35. The van der Waals surface area contributed by atoms with Gasteiger partial charge in [-0.05, 0) is 26.2 Å². The summed E-state index contributed by atoms with van der Waals surface area (Å²) in [7, 11) is -5.15. The number of ether oxygens (including phenoxy) is 1. The molecular weight excluding hydrogens is 418 g/mol. The van der Waals surface area contributed by atoms with Gasteiger partial charge >= 0.3 is 0 Å². The van der Waals surface area contributed by atoms with Gasteiger partial charge in [-0.25, -0.2) is 30.8 Å². The molecule has 1 aromatic heterocycles. The molecule has 1 atom stereocenters. The van der Waals surface area contributed by atoms with Gasteiger partial charge in [0.05, 0.1) is 6.26 Å². The molecule has 2 aliphatic rings. The van der Waals surface area contributed by atoms with Gasteiger partial charge in [0.1, 0.15) is 5.82 Å². The third-order valence-electron chi connectivity index (χ3n) is 5.75. The summed E-state index contributed by atoms with van der Waals surface area (Å²) in [6, 6.07) is 0.337. The van der Waals surface area contributed by atoms with Gasteiger partial charge in [-0.2, -0.15) is 0 Å². The summed E-state index contributed by atoms with van der Waals surface area (Å²) in [5, 5.41) is 0.0132. The first-order valence-electron chi connectivity index (χ1n) is 9.86. The quantitative estimate of drug-likeness (QED) is 0.570. The summed E-state index contributed by atoms with van der Waals surface area (Å²) < 4.78 is 60.2. The van der Waals surface area contributed by atoms with E-state index in [2.05, 4.69) is 14.6 Å². The first-order chi connectivity index (χ1) is 13.6. The zero-order chi connectivity index (χ0) is 21.2. The molecule has 0 spiro atoms. The topological polar surface area (TPSA) is 114 Å². The average Bonchev–Trinajstić information content (AvgIpc) is 3.27. The Morgan fingerprint density at radius 2 is 1.90 bits per heavy atom. The highest BCUT2D eigenvalue weighted by molar-refractivity contribution is 7.89. The number of rotatable bonds is 8. The molecule has 3 rings (SSSR count). The standard InChI is InChI=1S/C17H31N5O5S2/c1-14-19-17(13-20(14)2)29(25,26)18-7-9-22(15-5-10-27-11-6-15)16-4-8-21(12-16)28(3,23)24/h13,15-16,18H,4-12H2,1-3H3. The van der Waals surface area contributed by atoms with E-state index in [-0.39, 0.29) is 23.7 Å². The molecule has 0 aromatic carbocycles. The SMILES string of the molecule is Cc1nc(S(=O)(=O)NCCN(C2CCOCC2)C2CCN(S(C)(=O)=O)C2)cn1C. The molecule has 0 radical (unpaired) electrons. The summed E-state index contributed by atoms with van der Waals surface area (Å²) in [5.74, 6) is 0.626. The summed E-state index contributed by atoms with van der Waals surface area (Å²) >= 11 is 0. The second-order valence-electron chi connectivity index (χ2n) is 7.78. The normalized spacial score (nSPS) is 22.6. The maximum absolute atomic E-state index is 12.5. The molecule has 2 aliphatic heterocycles. The van der Waals surface area contributed by atoms with Gasteiger partial charge in [-0.3, -0.25) is 4.90 Å². The van der Waals surface area contributed by atoms with Gasteiger partial charge in [0, 0.05) is 64.7 Å². The molecule has 0 saturated carbocycles. The van der Waals surface area contributed by atoms with Crippen LogP contribution in [0.3, 0.4) is 0 Å². The minimum atomic E-state index is -3.69. The molecule has 0 amide bonds. The smallest absolute Gasteiger partial charge is 0.259 e. The second kappa shape index (κ2) is 8.98. The van der Waals surface area contributed by atoms with Crippen LogP contribution in [0.2, 0.25) is 0 Å². The zero-order valence-corrected chi connectivity index (χ0v) is 18.9. The van der Waals surface area contributed by atoms with Gasteiger partial charge in [0.25, 0.3) is 10.0 Å². The van der Waals surface area contributed by atoms with Crippen molar-refractivity contribution in [3.63, 3.8) is 0 Å². The van der Waals surface area contributed by atoms with Gasteiger partial charge in [0.15, 0.2) is 5.03 Å². The van der Waals surface area contributed by atoms with Gasteiger partial charge in [-0.1, -0.05) is 0 Å². The van der Waals surface area contributed by atoms with Gasteiger partial charge in [-0.15, -0.1) is 0 Å². The molecule has 0 aliphatic carbocycles. The maximum atomic E-state index is 12.5. The van der Waals surface area contributed by atoms with Crippen LogP contribution in [0.15, 0.2) is 11.2 Å². The first kappa shape index (κ1) is 22.6. The summed E-state index contributed by atoms with van der Waals surface area (Å²) in [6.45, 7) is 4.79. The number of aromatic nitrogens is 2. The second-order valence-corrected chi connectivity index (χ2v) is 11.5. The molecule has 12 heteroatoms. The zero-order valence-electron chi connectivity index (χ0n) is 17.2. The highest BCUT2D eigenvalue weighted by Crippen LogP contribution is 2.24. The third kappa shape index (κ3) is 5.56. The van der Waals surface area contributed by atoms with E-state index >= 15 is 0 Å². The number of imidazole rings is 1. The summed E-state index contributed by atoms with van der Waals surface area (Å²) in [6.07, 6.45) is 5.20. The fourth-order valence-corrected chi connectivity index (χ4v) is 5.94. The molecule has 29 heavy (non-hydrogen) atoms. The Labute approximate surface area is 173 Å². The highest BCUT2D eigenvalue weighted by atomic mass is 32.2. The number of sulfonamides is 2. The van der Waals surface area contributed by atoms with Crippen LogP contribution in [-0.2, 0) is 31.8 Å². The largest absolute Gasteiger partial charge is 0.381 e. The Hall–Kier alpha value is -1.05. The monoisotopic (exact) mass is 449 g/mol. The lowest BCUT2D eigenvalue weighted by Crippen LogP contribution is -2.50. The Morgan fingerprint density at radius 3 is 2.45 bits per heavy atom. The number of aryl methyl sites for hydroxylation is 2. The lowest BCUT2D eigenvalue weighted by atomic mass is 10.0. The van der Waals surface area contributed by atoms with E-state index in [0.29, 0.717) is 38.7 Å². The van der Waals surface area contributed by atoms with Crippen LogP contribution in [0.5, 0.6) is 0 Å². The average molecular weight is 450 g/mol. The van der Waals surface area contributed by atoms with E-state index in [1.54, 1.807) is 18.5 Å². The van der Waals surface area contributed by atoms with Crippen molar-refractivity contribution < 1.29 is 21.6 Å². The molecule has 166 valence electrons. The van der Waals surface area contributed by atoms with Crippen molar-refractivity contribution in [2.45, 2.75) is 43.3 Å². The van der Waals surface area contributed by atoms with Crippen LogP contribution >= 0.6 is 0 Å². The van der Waals surface area contributed by atoms with Crippen molar-refractivity contribution in [2.24, 2.45) is 7.05 Å². The molecule has 3 heterocycles. The molecule has 2 saturated heterocycles. The number of hydrogen-bond donors (Lipinski definition) is 1. The number of nitrogens with zero attached hydrogens (tertiary/aromatic N) is 4. The van der Waals surface area contributed by atoms with Crippen molar-refractivity contribution in [3.05, 3.63) is 12.0 Å². The molecule has 0 bridgehead atoms. The van der Waals surface area contributed by atoms with Crippen molar-refractivity contribution >= 4 is 20.0 Å². The molecule has 1 N–H and O–H groups in total. The van der Waals surface area contributed by atoms with Crippen LogP contribution in [0.4, 0.5) is 0 Å². The van der Waals surface area contributed by atoms with Crippen LogP contribution in [0.1, 0.15) is 25.1 Å². The van der Waals surface area contributed by atoms with E-state index in [1.165, 1.54) is 16.8 Å². The molecular formula is C17H31N5O5S2. The van der Waals surface area contributed by atoms with Crippen molar-refractivity contribution in [3.8, 4) is 0 Å². The maximum Gasteiger partial charge on any atom is 0.259 e. The first-order valence-corrected chi connectivity index (χ1v) is 13.2. The predicted octanol–water partition coefficient (Wildman–Crippen LogP) is -0.478. The van der Waals surface area contributed by atoms with E-state index in [9.17, 15) is 16.8 Å². The molecule has 2 fully saturated rings. The minimum Gasteiger partial charge on any atom is -0.381 e. The number of nitrogens with one attached hydrogen (secondary N) is 1. The molecule has 1 aromatic rings. The third-order valence-corrected chi connectivity index (χ3v) is 8.35. The Kier molecular flexibility index (Phi) is 7.01. The fourth-order valence-electron chi connectivity index (χ4n) is 4.00. The lowest BCUT2D eigenvalue weighted by molar-refractivity contribution is 0.0200. The fraction of sp³-hybridized carbons (Fsp3) is 0.824. The van der Waals surface area contributed by atoms with Gasteiger partial charge < -0.3 is 9.30 Å². The van der Waals surface area contributed by atoms with E-state index in [1.807, 2.05) is 0 Å². The van der Waals surface area contributed by atoms with E-state index in [0.717, 1.165) is 19.3 Å². The Morgan fingerprint density at radius 1 is 1.21 bits per heavy atom. The molecule has 10 nitrogen and oxygen atoms in total. The van der Waals surface area contributed by atoms with Crippen molar-refractivity contribution in [2.75, 3.05) is 45.6 Å². The van der Waals surface area contributed by atoms with Crippen LogP contribution in [0, 0.1) is 6.92 Å². The Bertz CT molecular complexity index is 889. The number of hydrogen-bond acceptors (Lipinski definition) is 7. The van der Waals surface area contributed by atoms with E-state index < -0.39 is 20.0 Å². The van der Waals surface area contributed by atoms with Crippen LogP contribution < -0.4 is 4.72 Å². The van der Waals surface area contributed by atoms with E-state index in [4.69, 9.17) is 4.74 Å². The summed E-state index contributed by atoms with van der Waals surface area (Å²) in [4.78, 5) is 6.36. The lowest BCUT2D eigenvalue weighted by Gasteiger charge is -2.38. The molecule has 1 unspecified atom stereocenters. The predicted molar refractivity (Wildman–Crippen MR) is 109 cm³/mol. The van der Waals surface area contributed by atoms with Gasteiger partial charge in [0.2, 0.25) is 10.0 Å². The Balaban J connectivity index is 1.66.